The quantitative estimate of drug-likeness (QED) is 0.633. The van der Waals surface area contributed by atoms with Gasteiger partial charge in [0.15, 0.2) is 5.82 Å². The van der Waals surface area contributed by atoms with E-state index in [4.69, 9.17) is 0 Å². The molecule has 17 heavy (non-hydrogen) atoms. The Labute approximate surface area is 104 Å². The number of nitrogens with zero attached hydrogens (tertiary/aromatic N) is 1. The van der Waals surface area contributed by atoms with Gasteiger partial charge in [0.1, 0.15) is 11.3 Å². The number of carbonyl (C=O) groups is 1. The molecule has 0 saturated heterocycles. The predicted octanol–water partition coefficient (Wildman–Crippen LogP) is 3.23. The minimum absolute atomic E-state index is 0.0341. The molecule has 0 radical (unpaired) electrons. The molecule has 1 rings (SSSR count). The van der Waals surface area contributed by atoms with Gasteiger partial charge in [-0.05, 0) is 6.92 Å². The third-order valence-electron chi connectivity index (χ3n) is 1.99. The van der Waals surface area contributed by atoms with E-state index >= 15 is 0 Å². The fourth-order valence-corrected chi connectivity index (χ4v) is 1.86. The molecule has 0 spiro atoms. The van der Waals surface area contributed by atoms with Crippen LogP contribution in [0.4, 0.5) is 13.2 Å². The van der Waals surface area contributed by atoms with Crippen LogP contribution in [0, 0.1) is 5.82 Å². The van der Waals surface area contributed by atoms with Gasteiger partial charge in [-0.1, -0.05) is 15.9 Å². The molecule has 0 aliphatic heterocycles. The van der Waals surface area contributed by atoms with Gasteiger partial charge in [0.2, 0.25) is 0 Å². The lowest BCUT2D eigenvalue weighted by molar-refractivity contribution is 0.0519. The van der Waals surface area contributed by atoms with Gasteiger partial charge < -0.3 is 4.74 Å². The van der Waals surface area contributed by atoms with Crippen molar-refractivity contribution in [3.63, 3.8) is 0 Å². The second-order valence-corrected chi connectivity index (χ2v) is 3.56. The minimum atomic E-state index is -2.88. The van der Waals surface area contributed by atoms with Gasteiger partial charge in [0.05, 0.1) is 12.8 Å². The van der Waals surface area contributed by atoms with Gasteiger partial charge in [-0.2, -0.15) is 0 Å². The molecule has 0 fully saturated rings. The van der Waals surface area contributed by atoms with E-state index in [0.717, 1.165) is 0 Å². The number of hydrogen-bond donors (Lipinski definition) is 0. The van der Waals surface area contributed by atoms with E-state index < -0.39 is 29.5 Å². The Balaban J connectivity index is 3.35. The molecule has 1 heterocycles. The van der Waals surface area contributed by atoms with Gasteiger partial charge in [0, 0.05) is 10.9 Å². The third-order valence-corrected chi connectivity index (χ3v) is 2.55. The van der Waals surface area contributed by atoms with Crippen molar-refractivity contribution in [2.75, 3.05) is 6.61 Å². The SMILES string of the molecule is CCOC(=O)c1c(F)cnc(C(F)F)c1CBr. The lowest BCUT2D eigenvalue weighted by Crippen LogP contribution is -2.13. The summed E-state index contributed by atoms with van der Waals surface area (Å²) in [6, 6.07) is 0. The molecule has 7 heteroatoms. The van der Waals surface area contributed by atoms with E-state index in [1.165, 1.54) is 0 Å². The smallest absolute Gasteiger partial charge is 0.341 e. The van der Waals surface area contributed by atoms with E-state index in [1.807, 2.05) is 0 Å². The van der Waals surface area contributed by atoms with Crippen molar-refractivity contribution in [3.8, 4) is 0 Å². The van der Waals surface area contributed by atoms with Crippen LogP contribution >= 0.6 is 15.9 Å². The van der Waals surface area contributed by atoms with Gasteiger partial charge in [-0.3, -0.25) is 4.98 Å². The summed E-state index contributed by atoms with van der Waals surface area (Å²) in [5.41, 5.74) is -1.29. The highest BCUT2D eigenvalue weighted by Crippen LogP contribution is 2.27. The Morgan fingerprint density at radius 1 is 1.59 bits per heavy atom. The maximum absolute atomic E-state index is 13.4. The van der Waals surface area contributed by atoms with Crippen LogP contribution in [-0.2, 0) is 10.1 Å². The molecule has 0 N–H and O–H groups in total. The number of carbonyl (C=O) groups excluding carboxylic acids is 1. The van der Waals surface area contributed by atoms with E-state index in [0.29, 0.717) is 6.20 Å². The summed E-state index contributed by atoms with van der Waals surface area (Å²) in [7, 11) is 0. The predicted molar refractivity (Wildman–Crippen MR) is 57.7 cm³/mol. The Bertz CT molecular complexity index is 426. The number of pyridine rings is 1. The zero-order chi connectivity index (χ0) is 13.0. The normalized spacial score (nSPS) is 10.7. The molecule has 0 amide bonds. The third kappa shape index (κ3) is 2.96. The first-order chi connectivity index (χ1) is 8.02. The topological polar surface area (TPSA) is 39.2 Å². The number of halogens is 4. The molecule has 3 nitrogen and oxygen atoms in total. The lowest BCUT2D eigenvalue weighted by Gasteiger charge is -2.11. The number of hydrogen-bond acceptors (Lipinski definition) is 3. The Hall–Kier alpha value is -1.11. The highest BCUT2D eigenvalue weighted by molar-refractivity contribution is 9.08. The molecule has 1 aromatic heterocycles. The van der Waals surface area contributed by atoms with Crippen LogP contribution in [0.15, 0.2) is 6.20 Å². The largest absolute Gasteiger partial charge is 0.462 e. The van der Waals surface area contributed by atoms with Crippen molar-refractivity contribution in [1.29, 1.82) is 0 Å². The second-order valence-electron chi connectivity index (χ2n) is 3.00. The molecule has 0 atom stereocenters. The van der Waals surface area contributed by atoms with Gasteiger partial charge in [-0.25, -0.2) is 18.0 Å². The molecular weight excluding hydrogens is 303 g/mol. The molecule has 0 aromatic carbocycles. The van der Waals surface area contributed by atoms with Crippen LogP contribution in [0.1, 0.15) is 35.0 Å². The summed E-state index contributed by atoms with van der Waals surface area (Å²) in [5.74, 6) is -1.94. The zero-order valence-electron chi connectivity index (χ0n) is 8.84. The standard InChI is InChI=1S/C10H9BrF3NO2/c1-2-17-10(16)7-5(3-11)8(9(13)14)15-4-6(7)12/h4,9H,2-3H2,1H3. The van der Waals surface area contributed by atoms with Crippen LogP contribution in [0.5, 0.6) is 0 Å². The number of ether oxygens (including phenoxy) is 1. The Morgan fingerprint density at radius 3 is 2.71 bits per heavy atom. The monoisotopic (exact) mass is 311 g/mol. The summed E-state index contributed by atoms with van der Waals surface area (Å²) >= 11 is 2.93. The molecule has 0 saturated carbocycles. The van der Waals surface area contributed by atoms with Crippen molar-refractivity contribution < 1.29 is 22.7 Å². The second kappa shape index (κ2) is 6.00. The first-order valence-corrected chi connectivity index (χ1v) is 5.83. The van der Waals surface area contributed by atoms with Gasteiger partial charge >= 0.3 is 5.97 Å². The Kier molecular flexibility index (Phi) is 4.92. The first kappa shape index (κ1) is 14.0. The van der Waals surface area contributed by atoms with Crippen LogP contribution in [0.2, 0.25) is 0 Å². The maximum atomic E-state index is 13.4. The fourth-order valence-electron chi connectivity index (χ4n) is 1.29. The number of alkyl halides is 3. The van der Waals surface area contributed by atoms with Gasteiger partial charge in [-0.15, -0.1) is 0 Å². The summed E-state index contributed by atoms with van der Waals surface area (Å²) in [6.45, 7) is 1.57. The summed E-state index contributed by atoms with van der Waals surface area (Å²) < 4.78 is 43.3. The minimum Gasteiger partial charge on any atom is -0.462 e. The van der Waals surface area contributed by atoms with Crippen LogP contribution in [0.3, 0.4) is 0 Å². The number of aromatic nitrogens is 1. The van der Waals surface area contributed by atoms with Gasteiger partial charge in [0.25, 0.3) is 6.43 Å². The maximum Gasteiger partial charge on any atom is 0.341 e. The van der Waals surface area contributed by atoms with Crippen molar-refractivity contribution in [3.05, 3.63) is 28.8 Å². The summed E-state index contributed by atoms with van der Waals surface area (Å²) in [4.78, 5) is 14.8. The number of rotatable bonds is 4. The van der Waals surface area contributed by atoms with E-state index in [9.17, 15) is 18.0 Å². The fraction of sp³-hybridized carbons (Fsp3) is 0.400. The average molecular weight is 312 g/mol. The highest BCUT2D eigenvalue weighted by Gasteiger charge is 2.25. The zero-order valence-corrected chi connectivity index (χ0v) is 10.4. The van der Waals surface area contributed by atoms with Crippen LogP contribution in [-0.4, -0.2) is 17.6 Å². The lowest BCUT2D eigenvalue weighted by atomic mass is 10.1. The van der Waals surface area contributed by atoms with Crippen molar-refractivity contribution in [2.24, 2.45) is 0 Å². The highest BCUT2D eigenvalue weighted by atomic mass is 79.9. The molecular formula is C10H9BrF3NO2. The van der Waals surface area contributed by atoms with Crippen LogP contribution in [0.25, 0.3) is 0 Å². The van der Waals surface area contributed by atoms with Crippen molar-refractivity contribution in [2.45, 2.75) is 18.7 Å². The molecule has 1 aromatic rings. The van der Waals surface area contributed by atoms with Crippen molar-refractivity contribution in [1.82, 2.24) is 4.98 Å². The molecule has 0 bridgehead atoms. The molecule has 0 unspecified atom stereocenters. The number of esters is 1. The molecule has 94 valence electrons. The van der Waals surface area contributed by atoms with Crippen molar-refractivity contribution >= 4 is 21.9 Å². The van der Waals surface area contributed by atoms with E-state index in [2.05, 4.69) is 25.7 Å². The molecule has 0 aliphatic carbocycles. The average Bonchev–Trinajstić information content (AvgIpc) is 2.28. The summed E-state index contributed by atoms with van der Waals surface area (Å²) in [5, 5.41) is -0.106. The van der Waals surface area contributed by atoms with E-state index in [1.54, 1.807) is 6.92 Å². The first-order valence-electron chi connectivity index (χ1n) is 4.71. The summed E-state index contributed by atoms with van der Waals surface area (Å²) in [6.07, 6.45) is -2.28. The van der Waals surface area contributed by atoms with E-state index in [-0.39, 0.29) is 17.5 Å². The Morgan fingerprint density at radius 2 is 2.24 bits per heavy atom. The molecule has 0 aliphatic rings. The van der Waals surface area contributed by atoms with Crippen LogP contribution < -0.4 is 0 Å².